The minimum atomic E-state index is -4.66. The van der Waals surface area contributed by atoms with Gasteiger partial charge in [0.1, 0.15) is 11.4 Å². The first kappa shape index (κ1) is 14.1. The summed E-state index contributed by atoms with van der Waals surface area (Å²) in [6, 6.07) is 3.52. The van der Waals surface area contributed by atoms with Crippen LogP contribution < -0.4 is 4.90 Å². The average Bonchev–Trinajstić information content (AvgIpc) is 2.37. The standard InChI is InChI=1S/C13H16F4N2/c1-2-18-6-8-19(9-7-18)11-5-3-4-10(14)12(11)13(15,16)17/h3-5H,2,6-9H2,1H3. The topological polar surface area (TPSA) is 6.48 Å². The van der Waals surface area contributed by atoms with Crippen LogP contribution in [0.15, 0.2) is 18.2 Å². The molecule has 0 spiro atoms. The highest BCUT2D eigenvalue weighted by Crippen LogP contribution is 2.38. The molecule has 106 valence electrons. The summed E-state index contributed by atoms with van der Waals surface area (Å²) < 4.78 is 52.3. The first-order chi connectivity index (χ1) is 8.93. The minimum Gasteiger partial charge on any atom is -0.368 e. The lowest BCUT2D eigenvalue weighted by atomic mass is 10.1. The van der Waals surface area contributed by atoms with Gasteiger partial charge in [-0.25, -0.2) is 4.39 Å². The van der Waals surface area contributed by atoms with Crippen molar-refractivity contribution in [1.82, 2.24) is 4.90 Å². The van der Waals surface area contributed by atoms with Crippen LogP contribution in [0.5, 0.6) is 0 Å². The molecule has 1 aliphatic heterocycles. The van der Waals surface area contributed by atoms with E-state index in [9.17, 15) is 17.6 Å². The normalized spacial score (nSPS) is 17.8. The highest BCUT2D eigenvalue weighted by molar-refractivity contribution is 5.56. The highest BCUT2D eigenvalue weighted by atomic mass is 19.4. The maximum absolute atomic E-state index is 13.5. The van der Waals surface area contributed by atoms with Crippen LogP contribution in [0, 0.1) is 5.82 Å². The molecule has 1 saturated heterocycles. The molecule has 0 unspecified atom stereocenters. The number of likely N-dealkylation sites (N-methyl/N-ethyl adjacent to an activating group) is 1. The van der Waals surface area contributed by atoms with Crippen molar-refractivity contribution in [3.05, 3.63) is 29.6 Å². The van der Waals surface area contributed by atoms with E-state index in [4.69, 9.17) is 0 Å². The molecule has 1 aromatic carbocycles. The van der Waals surface area contributed by atoms with Gasteiger partial charge >= 0.3 is 6.18 Å². The van der Waals surface area contributed by atoms with Gasteiger partial charge in [0.2, 0.25) is 0 Å². The van der Waals surface area contributed by atoms with E-state index >= 15 is 0 Å². The zero-order valence-corrected chi connectivity index (χ0v) is 10.7. The van der Waals surface area contributed by atoms with Gasteiger partial charge in [0, 0.05) is 26.2 Å². The lowest BCUT2D eigenvalue weighted by Crippen LogP contribution is -2.46. The predicted octanol–water partition coefficient (Wildman–Crippen LogP) is 2.99. The van der Waals surface area contributed by atoms with Crippen LogP contribution in [-0.2, 0) is 6.18 Å². The Morgan fingerprint density at radius 2 is 1.74 bits per heavy atom. The van der Waals surface area contributed by atoms with Gasteiger partial charge in [-0.05, 0) is 18.7 Å². The first-order valence-corrected chi connectivity index (χ1v) is 6.26. The van der Waals surface area contributed by atoms with Gasteiger partial charge in [0.25, 0.3) is 0 Å². The van der Waals surface area contributed by atoms with E-state index in [1.807, 2.05) is 6.92 Å². The second kappa shape index (κ2) is 5.36. The summed E-state index contributed by atoms with van der Waals surface area (Å²) in [6.07, 6.45) is -4.66. The van der Waals surface area contributed by atoms with Crippen molar-refractivity contribution in [2.75, 3.05) is 37.6 Å². The van der Waals surface area contributed by atoms with Gasteiger partial charge in [-0.3, -0.25) is 0 Å². The third-order valence-corrected chi connectivity index (χ3v) is 3.44. The molecule has 0 radical (unpaired) electrons. The zero-order valence-electron chi connectivity index (χ0n) is 10.7. The third kappa shape index (κ3) is 3.00. The highest BCUT2D eigenvalue weighted by Gasteiger charge is 2.38. The molecule has 0 atom stereocenters. The number of anilines is 1. The minimum absolute atomic E-state index is 0.0525. The molecule has 1 heterocycles. The summed E-state index contributed by atoms with van der Waals surface area (Å²) in [7, 11) is 0. The van der Waals surface area contributed by atoms with Gasteiger partial charge in [0.05, 0.1) is 5.69 Å². The smallest absolute Gasteiger partial charge is 0.368 e. The van der Waals surface area contributed by atoms with Gasteiger partial charge in [-0.15, -0.1) is 0 Å². The molecule has 2 nitrogen and oxygen atoms in total. The lowest BCUT2D eigenvalue weighted by Gasteiger charge is -2.36. The van der Waals surface area contributed by atoms with Crippen molar-refractivity contribution in [3.63, 3.8) is 0 Å². The lowest BCUT2D eigenvalue weighted by molar-refractivity contribution is -0.139. The van der Waals surface area contributed by atoms with Crippen LogP contribution in [-0.4, -0.2) is 37.6 Å². The molecule has 0 N–H and O–H groups in total. The molecular weight excluding hydrogens is 260 g/mol. The molecular formula is C13H16F4N2. The summed E-state index contributed by atoms with van der Waals surface area (Å²) in [5.41, 5.74) is -1.21. The number of hydrogen-bond donors (Lipinski definition) is 0. The van der Waals surface area contributed by atoms with E-state index in [2.05, 4.69) is 4.90 Å². The van der Waals surface area contributed by atoms with Crippen molar-refractivity contribution >= 4 is 5.69 Å². The fraction of sp³-hybridized carbons (Fsp3) is 0.538. The van der Waals surface area contributed by atoms with E-state index in [1.54, 1.807) is 4.90 Å². The van der Waals surface area contributed by atoms with Crippen molar-refractivity contribution in [2.24, 2.45) is 0 Å². The second-order valence-electron chi connectivity index (χ2n) is 4.55. The maximum atomic E-state index is 13.5. The molecule has 0 saturated carbocycles. The Kier molecular flexibility index (Phi) is 3.99. The fourth-order valence-electron chi connectivity index (χ4n) is 2.36. The summed E-state index contributed by atoms with van der Waals surface area (Å²) in [6.45, 7) is 5.26. The molecule has 1 aliphatic rings. The Hall–Kier alpha value is -1.30. The summed E-state index contributed by atoms with van der Waals surface area (Å²) in [5, 5.41) is 0. The van der Waals surface area contributed by atoms with Crippen molar-refractivity contribution in [3.8, 4) is 0 Å². The molecule has 0 aliphatic carbocycles. The van der Waals surface area contributed by atoms with Crippen LogP contribution >= 0.6 is 0 Å². The number of rotatable bonds is 2. The van der Waals surface area contributed by atoms with Crippen LogP contribution in [0.4, 0.5) is 23.2 Å². The molecule has 1 aromatic rings. The summed E-state index contributed by atoms with van der Waals surface area (Å²) >= 11 is 0. The molecule has 19 heavy (non-hydrogen) atoms. The number of piperazine rings is 1. The Morgan fingerprint density at radius 1 is 1.11 bits per heavy atom. The summed E-state index contributed by atoms with van der Waals surface area (Å²) in [5.74, 6) is -1.21. The van der Waals surface area contributed by atoms with Gasteiger partial charge in [-0.1, -0.05) is 13.0 Å². The average molecular weight is 276 g/mol. The Balaban J connectivity index is 2.28. The van der Waals surface area contributed by atoms with Gasteiger partial charge in [0.15, 0.2) is 0 Å². The number of nitrogens with zero attached hydrogens (tertiary/aromatic N) is 2. The number of halogens is 4. The molecule has 1 fully saturated rings. The van der Waals surface area contributed by atoms with E-state index in [1.165, 1.54) is 12.1 Å². The van der Waals surface area contributed by atoms with Crippen molar-refractivity contribution in [1.29, 1.82) is 0 Å². The Bertz CT molecular complexity index is 437. The number of alkyl halides is 3. The van der Waals surface area contributed by atoms with E-state index in [0.717, 1.165) is 12.6 Å². The molecule has 0 amide bonds. The van der Waals surface area contributed by atoms with Gasteiger partial charge < -0.3 is 9.80 Å². The van der Waals surface area contributed by atoms with Crippen LogP contribution in [0.25, 0.3) is 0 Å². The maximum Gasteiger partial charge on any atom is 0.421 e. The van der Waals surface area contributed by atoms with Crippen molar-refractivity contribution in [2.45, 2.75) is 13.1 Å². The molecule has 0 aromatic heterocycles. The SMILES string of the molecule is CCN1CCN(c2cccc(F)c2C(F)(F)F)CC1. The quantitative estimate of drug-likeness (QED) is 0.766. The molecule has 2 rings (SSSR count). The Labute approximate surface area is 109 Å². The predicted molar refractivity (Wildman–Crippen MR) is 65.7 cm³/mol. The second-order valence-corrected chi connectivity index (χ2v) is 4.55. The van der Waals surface area contributed by atoms with E-state index in [-0.39, 0.29) is 5.69 Å². The summed E-state index contributed by atoms with van der Waals surface area (Å²) in [4.78, 5) is 3.77. The molecule has 0 bridgehead atoms. The largest absolute Gasteiger partial charge is 0.421 e. The fourth-order valence-corrected chi connectivity index (χ4v) is 2.36. The van der Waals surface area contributed by atoms with E-state index < -0.39 is 17.6 Å². The molecule has 6 heteroatoms. The third-order valence-electron chi connectivity index (χ3n) is 3.44. The zero-order chi connectivity index (χ0) is 14.0. The monoisotopic (exact) mass is 276 g/mol. The number of benzene rings is 1. The van der Waals surface area contributed by atoms with Crippen LogP contribution in [0.2, 0.25) is 0 Å². The van der Waals surface area contributed by atoms with Crippen LogP contribution in [0.3, 0.4) is 0 Å². The number of hydrogen-bond acceptors (Lipinski definition) is 2. The van der Waals surface area contributed by atoms with Gasteiger partial charge in [-0.2, -0.15) is 13.2 Å². The van der Waals surface area contributed by atoms with E-state index in [0.29, 0.717) is 26.2 Å². The van der Waals surface area contributed by atoms with Crippen LogP contribution in [0.1, 0.15) is 12.5 Å². The van der Waals surface area contributed by atoms with Crippen molar-refractivity contribution < 1.29 is 17.6 Å². The first-order valence-electron chi connectivity index (χ1n) is 6.26. The Morgan fingerprint density at radius 3 is 2.26 bits per heavy atom.